The minimum absolute atomic E-state index is 0.0695. The van der Waals surface area contributed by atoms with Crippen molar-refractivity contribution in [3.8, 4) is 17.9 Å². The molecule has 0 saturated heterocycles. The largest absolute Gasteiger partial charge is 0.487 e. The zero-order chi connectivity index (χ0) is 14.5. The molecule has 5 heteroatoms. The molecular formula is C15H10FN3O. The van der Waals surface area contributed by atoms with E-state index in [-0.39, 0.29) is 17.7 Å². The lowest BCUT2D eigenvalue weighted by Gasteiger charge is -2.09. The maximum atomic E-state index is 13.6. The predicted molar refractivity (Wildman–Crippen MR) is 71.0 cm³/mol. The first-order valence-corrected chi connectivity index (χ1v) is 5.75. The monoisotopic (exact) mass is 267 g/mol. The van der Waals surface area contributed by atoms with Gasteiger partial charge in [-0.3, -0.25) is 0 Å². The number of nitrogen functional groups attached to an aromatic ring is 1. The van der Waals surface area contributed by atoms with E-state index in [4.69, 9.17) is 21.0 Å². The topological polar surface area (TPSA) is 82.8 Å². The molecule has 0 aliphatic rings. The van der Waals surface area contributed by atoms with E-state index in [0.717, 1.165) is 0 Å². The van der Waals surface area contributed by atoms with Gasteiger partial charge in [-0.1, -0.05) is 0 Å². The predicted octanol–water partition coefficient (Wildman–Crippen LogP) is 2.73. The van der Waals surface area contributed by atoms with Crippen LogP contribution >= 0.6 is 0 Å². The first-order valence-electron chi connectivity index (χ1n) is 5.75. The molecule has 0 spiro atoms. The molecule has 20 heavy (non-hydrogen) atoms. The number of nitriles is 2. The Bertz CT molecular complexity index is 729. The summed E-state index contributed by atoms with van der Waals surface area (Å²) in [5.74, 6) is -0.138. The third-order valence-corrected chi connectivity index (χ3v) is 2.68. The van der Waals surface area contributed by atoms with Crippen LogP contribution in [0.25, 0.3) is 0 Å². The number of hydrogen-bond donors (Lipinski definition) is 1. The molecule has 2 aromatic carbocycles. The maximum Gasteiger partial charge on any atom is 0.137 e. The number of rotatable bonds is 3. The van der Waals surface area contributed by atoms with Crippen molar-refractivity contribution in [1.82, 2.24) is 0 Å². The van der Waals surface area contributed by atoms with Crippen LogP contribution < -0.4 is 10.5 Å². The highest BCUT2D eigenvalue weighted by molar-refractivity contribution is 5.53. The maximum absolute atomic E-state index is 13.6. The van der Waals surface area contributed by atoms with Gasteiger partial charge in [0.2, 0.25) is 0 Å². The smallest absolute Gasteiger partial charge is 0.137 e. The Kier molecular flexibility index (Phi) is 3.83. The summed E-state index contributed by atoms with van der Waals surface area (Å²) in [6, 6.07) is 12.5. The van der Waals surface area contributed by atoms with Crippen molar-refractivity contribution >= 4 is 5.69 Å². The first kappa shape index (κ1) is 13.4. The number of nitrogens with two attached hydrogens (primary N) is 1. The molecule has 98 valence electrons. The molecule has 0 heterocycles. The van der Waals surface area contributed by atoms with Gasteiger partial charge in [-0.05, 0) is 36.4 Å². The summed E-state index contributed by atoms with van der Waals surface area (Å²) in [5.41, 5.74) is 6.90. The van der Waals surface area contributed by atoms with E-state index in [9.17, 15) is 4.39 Å². The van der Waals surface area contributed by atoms with Gasteiger partial charge in [-0.25, -0.2) is 4.39 Å². The van der Waals surface area contributed by atoms with E-state index in [0.29, 0.717) is 17.0 Å². The molecule has 4 nitrogen and oxygen atoms in total. The molecule has 0 aromatic heterocycles. The quantitative estimate of drug-likeness (QED) is 0.867. The van der Waals surface area contributed by atoms with Crippen molar-refractivity contribution in [2.24, 2.45) is 0 Å². The summed E-state index contributed by atoms with van der Waals surface area (Å²) in [6.45, 7) is -0.0695. The van der Waals surface area contributed by atoms with Crippen LogP contribution in [0, 0.1) is 28.5 Å². The van der Waals surface area contributed by atoms with Crippen molar-refractivity contribution in [2.75, 3.05) is 5.73 Å². The van der Waals surface area contributed by atoms with Crippen molar-refractivity contribution < 1.29 is 9.13 Å². The van der Waals surface area contributed by atoms with E-state index >= 15 is 0 Å². The minimum Gasteiger partial charge on any atom is -0.487 e. The van der Waals surface area contributed by atoms with E-state index in [1.54, 1.807) is 12.1 Å². The molecule has 2 aromatic rings. The fourth-order valence-corrected chi connectivity index (χ4v) is 1.67. The Hall–Kier alpha value is -3.05. The zero-order valence-corrected chi connectivity index (χ0v) is 10.4. The van der Waals surface area contributed by atoms with Crippen molar-refractivity contribution in [2.45, 2.75) is 6.61 Å². The van der Waals surface area contributed by atoms with Gasteiger partial charge in [0.25, 0.3) is 0 Å². The number of ether oxygens (including phenoxy) is 1. The van der Waals surface area contributed by atoms with Gasteiger partial charge >= 0.3 is 0 Å². The Morgan fingerprint density at radius 1 is 1.10 bits per heavy atom. The number of halogens is 1. The Balaban J connectivity index is 2.22. The SMILES string of the molecule is N#Cc1ccc(F)c(COc2ccc(N)cc2C#N)c1. The van der Waals surface area contributed by atoms with E-state index in [1.165, 1.54) is 24.3 Å². The summed E-state index contributed by atoms with van der Waals surface area (Å²) >= 11 is 0. The molecular weight excluding hydrogens is 257 g/mol. The average molecular weight is 267 g/mol. The Morgan fingerprint density at radius 2 is 1.90 bits per heavy atom. The van der Waals surface area contributed by atoms with Crippen LogP contribution in [0.2, 0.25) is 0 Å². The van der Waals surface area contributed by atoms with Crippen LogP contribution in [0.5, 0.6) is 5.75 Å². The van der Waals surface area contributed by atoms with Crippen LogP contribution in [0.1, 0.15) is 16.7 Å². The summed E-state index contributed by atoms with van der Waals surface area (Å²) < 4.78 is 19.0. The highest BCUT2D eigenvalue weighted by Crippen LogP contribution is 2.22. The second-order valence-corrected chi connectivity index (χ2v) is 4.07. The molecule has 0 unspecified atom stereocenters. The minimum atomic E-state index is -0.460. The molecule has 2 rings (SSSR count). The molecule has 0 amide bonds. The third kappa shape index (κ3) is 2.85. The number of benzene rings is 2. The lowest BCUT2D eigenvalue weighted by Crippen LogP contribution is -2.01. The summed E-state index contributed by atoms with van der Waals surface area (Å²) in [5, 5.41) is 17.8. The van der Waals surface area contributed by atoms with E-state index in [2.05, 4.69) is 0 Å². The van der Waals surface area contributed by atoms with Crippen LogP contribution in [0.4, 0.5) is 10.1 Å². The standard InChI is InChI=1S/C15H10FN3O/c16-14-3-1-10(7-17)5-12(14)9-20-15-4-2-13(19)6-11(15)8-18/h1-6H,9,19H2. The number of nitrogens with zero attached hydrogens (tertiary/aromatic N) is 2. The molecule has 0 aliphatic carbocycles. The zero-order valence-electron chi connectivity index (χ0n) is 10.4. The van der Waals surface area contributed by atoms with Gasteiger partial charge < -0.3 is 10.5 Å². The molecule has 0 atom stereocenters. The molecule has 0 fully saturated rings. The van der Waals surface area contributed by atoms with Crippen molar-refractivity contribution in [3.63, 3.8) is 0 Å². The summed E-state index contributed by atoms with van der Waals surface area (Å²) in [6.07, 6.45) is 0. The molecule has 0 aliphatic heterocycles. The first-order chi connectivity index (χ1) is 9.63. The molecule has 0 radical (unpaired) electrons. The summed E-state index contributed by atoms with van der Waals surface area (Å²) in [4.78, 5) is 0. The van der Waals surface area contributed by atoms with Crippen LogP contribution in [0.3, 0.4) is 0 Å². The van der Waals surface area contributed by atoms with Gasteiger partial charge in [0.1, 0.15) is 24.2 Å². The van der Waals surface area contributed by atoms with Gasteiger partial charge in [-0.15, -0.1) is 0 Å². The lowest BCUT2D eigenvalue weighted by atomic mass is 10.1. The highest BCUT2D eigenvalue weighted by Gasteiger charge is 2.08. The number of anilines is 1. The highest BCUT2D eigenvalue weighted by atomic mass is 19.1. The number of hydrogen-bond acceptors (Lipinski definition) is 4. The summed E-state index contributed by atoms with van der Waals surface area (Å²) in [7, 11) is 0. The van der Waals surface area contributed by atoms with Gasteiger partial charge in [0.15, 0.2) is 0 Å². The van der Waals surface area contributed by atoms with Crippen LogP contribution in [-0.2, 0) is 6.61 Å². The van der Waals surface area contributed by atoms with E-state index < -0.39 is 5.82 Å². The van der Waals surface area contributed by atoms with Gasteiger partial charge in [-0.2, -0.15) is 10.5 Å². The fourth-order valence-electron chi connectivity index (χ4n) is 1.67. The second-order valence-electron chi connectivity index (χ2n) is 4.07. The van der Waals surface area contributed by atoms with Crippen LogP contribution in [0.15, 0.2) is 36.4 Å². The molecule has 0 saturated carbocycles. The molecule has 2 N–H and O–H groups in total. The Labute approximate surface area is 115 Å². The molecule has 0 bridgehead atoms. The van der Waals surface area contributed by atoms with Crippen molar-refractivity contribution in [1.29, 1.82) is 10.5 Å². The second kappa shape index (κ2) is 5.73. The van der Waals surface area contributed by atoms with Crippen LogP contribution in [-0.4, -0.2) is 0 Å². The Morgan fingerprint density at radius 3 is 2.60 bits per heavy atom. The normalized spacial score (nSPS) is 9.55. The van der Waals surface area contributed by atoms with Crippen molar-refractivity contribution in [3.05, 3.63) is 58.9 Å². The van der Waals surface area contributed by atoms with Gasteiger partial charge in [0, 0.05) is 11.3 Å². The lowest BCUT2D eigenvalue weighted by molar-refractivity contribution is 0.299. The van der Waals surface area contributed by atoms with Gasteiger partial charge in [0.05, 0.1) is 17.2 Å². The van der Waals surface area contributed by atoms with E-state index in [1.807, 2.05) is 12.1 Å². The third-order valence-electron chi connectivity index (χ3n) is 2.68. The average Bonchev–Trinajstić information content (AvgIpc) is 2.47. The fraction of sp³-hybridized carbons (Fsp3) is 0.0667.